The van der Waals surface area contributed by atoms with Crippen LogP contribution in [0.5, 0.6) is 0 Å². The lowest BCUT2D eigenvalue weighted by molar-refractivity contribution is 0.111. The van der Waals surface area contributed by atoms with E-state index in [0.29, 0.717) is 17.9 Å². The zero-order chi connectivity index (χ0) is 11.4. The molecule has 2 aromatic heterocycles. The summed E-state index contributed by atoms with van der Waals surface area (Å²) in [6.45, 7) is 1.85. The predicted molar refractivity (Wildman–Crippen MR) is 59.2 cm³/mol. The molecule has 0 amide bonds. The fourth-order valence-corrected chi connectivity index (χ4v) is 1.48. The summed E-state index contributed by atoms with van der Waals surface area (Å²) in [7, 11) is 0. The van der Waals surface area contributed by atoms with Gasteiger partial charge in [-0.25, -0.2) is 9.97 Å². The summed E-state index contributed by atoms with van der Waals surface area (Å²) in [4.78, 5) is 23.0. The number of nitrogens with zero attached hydrogens (tertiary/aromatic N) is 3. The van der Waals surface area contributed by atoms with Gasteiger partial charge in [0.2, 0.25) is 0 Å². The van der Waals surface area contributed by atoms with Gasteiger partial charge in [-0.2, -0.15) is 0 Å². The van der Waals surface area contributed by atoms with Crippen molar-refractivity contribution in [1.82, 2.24) is 15.0 Å². The number of rotatable bonds is 3. The van der Waals surface area contributed by atoms with Crippen LogP contribution in [0.2, 0.25) is 0 Å². The van der Waals surface area contributed by atoms with Gasteiger partial charge in [0, 0.05) is 24.5 Å². The maximum Gasteiger partial charge on any atom is 0.168 e. The van der Waals surface area contributed by atoms with Gasteiger partial charge in [0.25, 0.3) is 0 Å². The first-order valence-electron chi connectivity index (χ1n) is 4.96. The minimum atomic E-state index is 0.427. The van der Waals surface area contributed by atoms with Gasteiger partial charge in [-0.05, 0) is 30.7 Å². The Bertz CT molecular complexity index is 497. The first-order valence-corrected chi connectivity index (χ1v) is 4.96. The molecule has 0 bridgehead atoms. The highest BCUT2D eigenvalue weighted by Crippen LogP contribution is 2.05. The average Bonchev–Trinajstić information content (AvgIpc) is 2.29. The first kappa shape index (κ1) is 10.4. The van der Waals surface area contributed by atoms with E-state index in [1.807, 2.05) is 19.1 Å². The fraction of sp³-hybridized carbons (Fsp3) is 0.167. The van der Waals surface area contributed by atoms with Crippen LogP contribution in [0.1, 0.15) is 27.6 Å². The Hall–Kier alpha value is -2.10. The summed E-state index contributed by atoms with van der Waals surface area (Å²) in [6, 6.07) is 5.49. The molecule has 0 unspecified atom stereocenters. The van der Waals surface area contributed by atoms with E-state index >= 15 is 0 Å². The van der Waals surface area contributed by atoms with Crippen molar-refractivity contribution >= 4 is 6.29 Å². The molecule has 0 aliphatic heterocycles. The van der Waals surface area contributed by atoms with Gasteiger partial charge >= 0.3 is 0 Å². The zero-order valence-electron chi connectivity index (χ0n) is 8.92. The predicted octanol–water partition coefficient (Wildman–Crippen LogP) is 1.58. The van der Waals surface area contributed by atoms with E-state index in [2.05, 4.69) is 15.0 Å². The van der Waals surface area contributed by atoms with Gasteiger partial charge in [-0.3, -0.25) is 9.78 Å². The third-order valence-corrected chi connectivity index (χ3v) is 2.15. The second-order valence-corrected chi connectivity index (χ2v) is 3.50. The molecular formula is C12H11N3O. The lowest BCUT2D eigenvalue weighted by Gasteiger charge is -2.02. The van der Waals surface area contributed by atoms with Crippen molar-refractivity contribution in [3.05, 3.63) is 53.4 Å². The minimum absolute atomic E-state index is 0.427. The molecule has 4 heteroatoms. The maximum absolute atomic E-state index is 10.7. The number of aldehydes is 1. The van der Waals surface area contributed by atoms with Crippen LogP contribution in [0.25, 0.3) is 0 Å². The Morgan fingerprint density at radius 2 is 2.00 bits per heavy atom. The van der Waals surface area contributed by atoms with Crippen LogP contribution < -0.4 is 0 Å². The van der Waals surface area contributed by atoms with Crippen molar-refractivity contribution in [1.29, 1.82) is 0 Å². The third-order valence-electron chi connectivity index (χ3n) is 2.15. The standard InChI is InChI=1S/C12H11N3O/c1-9-6-11(8-16)15-12(14-9)7-10-2-4-13-5-3-10/h2-6,8H,7H2,1H3. The molecule has 0 radical (unpaired) electrons. The van der Waals surface area contributed by atoms with E-state index in [1.165, 1.54) is 0 Å². The van der Waals surface area contributed by atoms with E-state index in [4.69, 9.17) is 0 Å². The normalized spacial score (nSPS) is 10.1. The van der Waals surface area contributed by atoms with Crippen LogP contribution in [0.15, 0.2) is 30.6 Å². The van der Waals surface area contributed by atoms with Gasteiger partial charge in [0.1, 0.15) is 11.5 Å². The molecule has 2 rings (SSSR count). The lowest BCUT2D eigenvalue weighted by Crippen LogP contribution is -2.01. The Morgan fingerprint density at radius 1 is 1.25 bits per heavy atom. The van der Waals surface area contributed by atoms with Crippen LogP contribution in [0.4, 0.5) is 0 Å². The first-order chi connectivity index (χ1) is 7.78. The molecular weight excluding hydrogens is 202 g/mol. The smallest absolute Gasteiger partial charge is 0.168 e. The van der Waals surface area contributed by atoms with E-state index in [-0.39, 0.29) is 0 Å². The molecule has 0 N–H and O–H groups in total. The van der Waals surface area contributed by atoms with Crippen LogP contribution in [-0.2, 0) is 6.42 Å². The largest absolute Gasteiger partial charge is 0.296 e. The monoisotopic (exact) mass is 213 g/mol. The molecule has 2 aromatic rings. The molecule has 0 spiro atoms. The van der Waals surface area contributed by atoms with Crippen molar-refractivity contribution < 1.29 is 4.79 Å². The van der Waals surface area contributed by atoms with E-state index < -0.39 is 0 Å². The molecule has 0 saturated heterocycles. The number of aromatic nitrogens is 3. The fourth-order valence-electron chi connectivity index (χ4n) is 1.48. The van der Waals surface area contributed by atoms with Crippen molar-refractivity contribution in [3.8, 4) is 0 Å². The maximum atomic E-state index is 10.7. The lowest BCUT2D eigenvalue weighted by atomic mass is 10.2. The topological polar surface area (TPSA) is 55.7 Å². The molecule has 16 heavy (non-hydrogen) atoms. The van der Waals surface area contributed by atoms with Gasteiger partial charge in [-0.1, -0.05) is 0 Å². The highest BCUT2D eigenvalue weighted by atomic mass is 16.1. The van der Waals surface area contributed by atoms with E-state index in [1.54, 1.807) is 18.5 Å². The summed E-state index contributed by atoms with van der Waals surface area (Å²) in [5, 5.41) is 0. The summed E-state index contributed by atoms with van der Waals surface area (Å²) < 4.78 is 0. The van der Waals surface area contributed by atoms with Gasteiger partial charge in [0.05, 0.1) is 0 Å². The highest BCUT2D eigenvalue weighted by Gasteiger charge is 2.02. The van der Waals surface area contributed by atoms with Crippen molar-refractivity contribution in [2.24, 2.45) is 0 Å². The van der Waals surface area contributed by atoms with Crippen LogP contribution in [-0.4, -0.2) is 21.2 Å². The van der Waals surface area contributed by atoms with Crippen molar-refractivity contribution in [2.45, 2.75) is 13.3 Å². The average molecular weight is 213 g/mol. The SMILES string of the molecule is Cc1cc(C=O)nc(Cc2ccncc2)n1. The highest BCUT2D eigenvalue weighted by molar-refractivity contribution is 5.71. The van der Waals surface area contributed by atoms with E-state index in [9.17, 15) is 4.79 Å². The Labute approximate surface area is 93.4 Å². The molecule has 0 fully saturated rings. The molecule has 80 valence electrons. The van der Waals surface area contributed by atoms with Gasteiger partial charge in [0.15, 0.2) is 6.29 Å². The second-order valence-electron chi connectivity index (χ2n) is 3.50. The second kappa shape index (κ2) is 4.61. The van der Waals surface area contributed by atoms with Crippen molar-refractivity contribution in [2.75, 3.05) is 0 Å². The zero-order valence-corrected chi connectivity index (χ0v) is 8.92. The quantitative estimate of drug-likeness (QED) is 0.726. The van der Waals surface area contributed by atoms with Crippen molar-refractivity contribution in [3.63, 3.8) is 0 Å². The molecule has 4 nitrogen and oxygen atoms in total. The summed E-state index contributed by atoms with van der Waals surface area (Å²) in [5.74, 6) is 0.660. The number of hydrogen-bond acceptors (Lipinski definition) is 4. The number of aryl methyl sites for hydroxylation is 1. The molecule has 0 aliphatic carbocycles. The molecule has 0 saturated carbocycles. The number of pyridine rings is 1. The van der Waals surface area contributed by atoms with Gasteiger partial charge < -0.3 is 0 Å². The number of hydrogen-bond donors (Lipinski definition) is 0. The van der Waals surface area contributed by atoms with Crippen LogP contribution in [0.3, 0.4) is 0 Å². The minimum Gasteiger partial charge on any atom is -0.296 e. The summed E-state index contributed by atoms with van der Waals surface area (Å²) in [5.41, 5.74) is 2.31. The number of carbonyl (C=O) groups excluding carboxylic acids is 1. The molecule has 0 aromatic carbocycles. The Morgan fingerprint density at radius 3 is 2.69 bits per heavy atom. The van der Waals surface area contributed by atoms with Crippen LogP contribution >= 0.6 is 0 Å². The Balaban J connectivity index is 2.28. The summed E-state index contributed by atoms with van der Waals surface area (Å²) in [6.07, 6.45) is 4.81. The number of carbonyl (C=O) groups is 1. The molecule has 0 atom stereocenters. The molecule has 0 aliphatic rings. The third kappa shape index (κ3) is 2.48. The van der Waals surface area contributed by atoms with Gasteiger partial charge in [-0.15, -0.1) is 0 Å². The Kier molecular flexibility index (Phi) is 3.00. The van der Waals surface area contributed by atoms with E-state index in [0.717, 1.165) is 17.5 Å². The summed E-state index contributed by atoms with van der Waals surface area (Å²) >= 11 is 0. The van der Waals surface area contributed by atoms with Crippen LogP contribution in [0, 0.1) is 6.92 Å². The molecule has 2 heterocycles.